The van der Waals surface area contributed by atoms with Gasteiger partial charge in [0.05, 0.1) is 28.8 Å². The summed E-state index contributed by atoms with van der Waals surface area (Å²) in [5.41, 5.74) is 1.92. The smallest absolute Gasteiger partial charge is 0.264 e. The summed E-state index contributed by atoms with van der Waals surface area (Å²) in [6.07, 6.45) is -0.0132. The molecule has 0 fully saturated rings. The summed E-state index contributed by atoms with van der Waals surface area (Å²) in [7, 11) is -2.50. The Labute approximate surface area is 211 Å². The van der Waals surface area contributed by atoms with Gasteiger partial charge in [-0.15, -0.1) is 0 Å². The van der Waals surface area contributed by atoms with Gasteiger partial charge in [-0.1, -0.05) is 47.5 Å². The van der Waals surface area contributed by atoms with E-state index in [0.717, 1.165) is 15.4 Å². The Balaban J connectivity index is 1.81. The van der Waals surface area contributed by atoms with Crippen molar-refractivity contribution in [1.29, 1.82) is 0 Å². The number of aryl methyl sites for hydroxylation is 1. The zero-order chi connectivity index (χ0) is 25.6. The summed E-state index contributed by atoms with van der Waals surface area (Å²) in [4.78, 5) is 13.0. The summed E-state index contributed by atoms with van der Waals surface area (Å²) in [5, 5.41) is 3.00. The van der Waals surface area contributed by atoms with Crippen molar-refractivity contribution in [2.75, 3.05) is 18.0 Å². The van der Waals surface area contributed by atoms with Crippen LogP contribution in [0.25, 0.3) is 0 Å². The molecule has 3 rings (SSSR count). The lowest BCUT2D eigenvalue weighted by Gasteiger charge is -2.25. The Morgan fingerprint density at radius 1 is 1.03 bits per heavy atom. The number of nitrogens with one attached hydrogen (secondary N) is 1. The SMILES string of the molecule is COc1cc(CNC(=O)CN(c2ccccc2Cl)S(=O)(=O)c2ccc(C)cc2)ccc1OC(C)C. The van der Waals surface area contributed by atoms with Crippen molar-refractivity contribution < 1.29 is 22.7 Å². The van der Waals surface area contributed by atoms with E-state index in [1.807, 2.05) is 26.8 Å². The van der Waals surface area contributed by atoms with Gasteiger partial charge in [-0.3, -0.25) is 9.10 Å². The molecule has 0 aromatic heterocycles. The van der Waals surface area contributed by atoms with Crippen molar-refractivity contribution in [3.8, 4) is 11.5 Å². The number of carbonyl (C=O) groups excluding carboxylic acids is 1. The number of sulfonamides is 1. The fourth-order valence-electron chi connectivity index (χ4n) is 3.35. The molecular formula is C26H29ClN2O5S. The van der Waals surface area contributed by atoms with Crippen molar-refractivity contribution in [3.05, 3.63) is 82.9 Å². The van der Waals surface area contributed by atoms with E-state index in [4.69, 9.17) is 21.1 Å². The highest BCUT2D eigenvalue weighted by Gasteiger charge is 2.28. The summed E-state index contributed by atoms with van der Waals surface area (Å²) in [6.45, 7) is 5.45. The van der Waals surface area contributed by atoms with Gasteiger partial charge in [-0.2, -0.15) is 0 Å². The van der Waals surface area contributed by atoms with E-state index in [2.05, 4.69) is 5.32 Å². The van der Waals surface area contributed by atoms with Gasteiger partial charge in [0.2, 0.25) is 5.91 Å². The lowest BCUT2D eigenvalue weighted by molar-refractivity contribution is -0.119. The van der Waals surface area contributed by atoms with Gasteiger partial charge in [0.1, 0.15) is 6.54 Å². The minimum atomic E-state index is -4.05. The zero-order valence-electron chi connectivity index (χ0n) is 20.1. The molecule has 0 bridgehead atoms. The van der Waals surface area contributed by atoms with E-state index in [-0.39, 0.29) is 28.3 Å². The van der Waals surface area contributed by atoms with Crippen LogP contribution in [0.5, 0.6) is 11.5 Å². The van der Waals surface area contributed by atoms with Crippen molar-refractivity contribution >= 4 is 33.2 Å². The second-order valence-electron chi connectivity index (χ2n) is 8.20. The van der Waals surface area contributed by atoms with Crippen molar-refractivity contribution in [3.63, 3.8) is 0 Å². The number of hydrogen-bond acceptors (Lipinski definition) is 5. The molecule has 35 heavy (non-hydrogen) atoms. The van der Waals surface area contributed by atoms with Crippen LogP contribution >= 0.6 is 11.6 Å². The first-order valence-electron chi connectivity index (χ1n) is 11.1. The highest BCUT2D eigenvalue weighted by atomic mass is 35.5. The van der Waals surface area contributed by atoms with Gasteiger partial charge in [0.25, 0.3) is 10.0 Å². The van der Waals surface area contributed by atoms with Gasteiger partial charge in [-0.05, 0) is 62.7 Å². The molecule has 0 aliphatic heterocycles. The van der Waals surface area contributed by atoms with Gasteiger partial charge >= 0.3 is 0 Å². The number of halogens is 1. The number of ether oxygens (including phenoxy) is 2. The van der Waals surface area contributed by atoms with Crippen LogP contribution < -0.4 is 19.1 Å². The molecular weight excluding hydrogens is 488 g/mol. The number of para-hydroxylation sites is 1. The highest BCUT2D eigenvalue weighted by molar-refractivity contribution is 7.92. The Bertz CT molecular complexity index is 1280. The van der Waals surface area contributed by atoms with E-state index in [0.29, 0.717) is 11.5 Å². The van der Waals surface area contributed by atoms with Gasteiger partial charge in [0.15, 0.2) is 11.5 Å². The van der Waals surface area contributed by atoms with Crippen molar-refractivity contribution in [1.82, 2.24) is 5.32 Å². The number of rotatable bonds is 10. The van der Waals surface area contributed by atoms with Crippen LogP contribution in [-0.2, 0) is 21.4 Å². The quantitative estimate of drug-likeness (QED) is 0.412. The molecule has 7 nitrogen and oxygen atoms in total. The van der Waals surface area contributed by atoms with E-state index >= 15 is 0 Å². The fourth-order valence-corrected chi connectivity index (χ4v) is 5.08. The minimum absolute atomic E-state index is 0.0132. The molecule has 186 valence electrons. The first-order chi connectivity index (χ1) is 16.6. The second-order valence-corrected chi connectivity index (χ2v) is 10.5. The van der Waals surface area contributed by atoms with Gasteiger partial charge in [0, 0.05) is 6.54 Å². The Hall–Kier alpha value is -3.23. The predicted molar refractivity (Wildman–Crippen MR) is 138 cm³/mol. The van der Waals surface area contributed by atoms with Crippen LogP contribution in [0.15, 0.2) is 71.6 Å². The van der Waals surface area contributed by atoms with Crippen LogP contribution in [0, 0.1) is 6.92 Å². The monoisotopic (exact) mass is 516 g/mol. The average Bonchev–Trinajstić information content (AvgIpc) is 2.82. The predicted octanol–water partition coefficient (Wildman–Crippen LogP) is 4.96. The largest absolute Gasteiger partial charge is 0.493 e. The number of nitrogens with zero attached hydrogens (tertiary/aromatic N) is 1. The summed E-state index contributed by atoms with van der Waals surface area (Å²) >= 11 is 6.31. The molecule has 0 spiro atoms. The number of anilines is 1. The number of benzene rings is 3. The third-order valence-corrected chi connectivity index (χ3v) is 7.19. The molecule has 1 amide bonds. The third-order valence-electron chi connectivity index (χ3n) is 5.10. The molecule has 0 aliphatic rings. The molecule has 0 atom stereocenters. The molecule has 0 aliphatic carbocycles. The van der Waals surface area contributed by atoms with Crippen LogP contribution in [-0.4, -0.2) is 34.1 Å². The zero-order valence-corrected chi connectivity index (χ0v) is 21.7. The maximum atomic E-state index is 13.5. The third kappa shape index (κ3) is 6.68. The molecule has 0 saturated carbocycles. The van der Waals surface area contributed by atoms with Crippen molar-refractivity contribution in [2.45, 2.75) is 38.3 Å². The summed E-state index contributed by atoms with van der Waals surface area (Å²) in [5.74, 6) is 0.666. The van der Waals surface area contributed by atoms with Crippen LogP contribution in [0.1, 0.15) is 25.0 Å². The van der Waals surface area contributed by atoms with E-state index in [9.17, 15) is 13.2 Å². The Kier molecular flexibility index (Phi) is 8.64. The molecule has 3 aromatic carbocycles. The van der Waals surface area contributed by atoms with E-state index in [1.165, 1.54) is 12.1 Å². The van der Waals surface area contributed by atoms with E-state index < -0.39 is 22.5 Å². The molecule has 3 aromatic rings. The normalized spacial score (nSPS) is 11.3. The first-order valence-corrected chi connectivity index (χ1v) is 12.9. The van der Waals surface area contributed by atoms with Crippen LogP contribution in [0.2, 0.25) is 5.02 Å². The lowest BCUT2D eigenvalue weighted by atomic mass is 10.2. The maximum absolute atomic E-state index is 13.5. The first kappa shape index (κ1) is 26.4. The summed E-state index contributed by atoms with van der Waals surface area (Å²) in [6, 6.07) is 18.3. The summed E-state index contributed by atoms with van der Waals surface area (Å²) < 4.78 is 39.1. The van der Waals surface area contributed by atoms with Gasteiger partial charge < -0.3 is 14.8 Å². The minimum Gasteiger partial charge on any atom is -0.493 e. The molecule has 0 heterocycles. The average molecular weight is 517 g/mol. The maximum Gasteiger partial charge on any atom is 0.264 e. The number of hydrogen-bond donors (Lipinski definition) is 1. The standard InChI is InChI=1S/C26H29ClN2O5S/c1-18(2)34-24-14-11-20(15-25(24)33-4)16-28-26(30)17-29(23-8-6-5-7-22(23)27)35(31,32)21-12-9-19(3)10-13-21/h5-15,18H,16-17H2,1-4H3,(H,28,30). The van der Waals surface area contributed by atoms with Crippen LogP contribution in [0.3, 0.4) is 0 Å². The fraction of sp³-hybridized carbons (Fsp3) is 0.269. The lowest BCUT2D eigenvalue weighted by Crippen LogP contribution is -2.40. The molecule has 0 radical (unpaired) electrons. The molecule has 9 heteroatoms. The molecule has 1 N–H and O–H groups in total. The Morgan fingerprint density at radius 3 is 2.34 bits per heavy atom. The van der Waals surface area contributed by atoms with Crippen LogP contribution in [0.4, 0.5) is 5.69 Å². The molecule has 0 unspecified atom stereocenters. The number of methoxy groups -OCH3 is 1. The Morgan fingerprint density at radius 2 is 1.71 bits per heavy atom. The van der Waals surface area contributed by atoms with E-state index in [1.54, 1.807) is 55.6 Å². The second kappa shape index (κ2) is 11.5. The number of carbonyl (C=O) groups is 1. The van der Waals surface area contributed by atoms with Gasteiger partial charge in [-0.25, -0.2) is 8.42 Å². The molecule has 0 saturated heterocycles. The highest BCUT2D eigenvalue weighted by Crippen LogP contribution is 2.31. The topological polar surface area (TPSA) is 84.9 Å². The number of amides is 1. The van der Waals surface area contributed by atoms with Crippen molar-refractivity contribution in [2.24, 2.45) is 0 Å².